The van der Waals surface area contributed by atoms with Crippen molar-refractivity contribution in [3.63, 3.8) is 0 Å². The van der Waals surface area contributed by atoms with Gasteiger partial charge in [-0.2, -0.15) is 0 Å². The van der Waals surface area contributed by atoms with Crippen LogP contribution >= 0.6 is 11.3 Å². The molecule has 1 aliphatic rings. The molecule has 1 atom stereocenters. The Balaban J connectivity index is 2.13. The van der Waals surface area contributed by atoms with E-state index in [0.29, 0.717) is 0 Å². The van der Waals surface area contributed by atoms with Crippen LogP contribution in [0.3, 0.4) is 0 Å². The Morgan fingerprint density at radius 1 is 1.38 bits per heavy atom. The van der Waals surface area contributed by atoms with Gasteiger partial charge in [0.15, 0.2) is 0 Å². The van der Waals surface area contributed by atoms with E-state index in [1.807, 2.05) is 7.11 Å². The molecule has 0 radical (unpaired) electrons. The van der Waals surface area contributed by atoms with Gasteiger partial charge in [0.1, 0.15) is 0 Å². The fourth-order valence-corrected chi connectivity index (χ4v) is 4.23. The first kappa shape index (κ1) is 16.9. The van der Waals surface area contributed by atoms with Crippen molar-refractivity contribution in [1.29, 1.82) is 0 Å². The third kappa shape index (κ3) is 3.83. The molecule has 0 spiro atoms. The number of nitrogens with one attached hydrogen (secondary N) is 1. The maximum atomic E-state index is 5.91. The molecule has 1 aromatic heterocycles. The molecule has 2 rings (SSSR count). The quantitative estimate of drug-likeness (QED) is 0.648. The molecule has 1 heterocycles. The van der Waals surface area contributed by atoms with Gasteiger partial charge in [0.25, 0.3) is 0 Å². The zero-order valence-electron chi connectivity index (χ0n) is 13.7. The highest BCUT2D eigenvalue weighted by molar-refractivity contribution is 7.09. The third-order valence-electron chi connectivity index (χ3n) is 4.64. The van der Waals surface area contributed by atoms with Gasteiger partial charge in [-0.1, -0.05) is 40.0 Å². The van der Waals surface area contributed by atoms with E-state index in [0.717, 1.165) is 30.0 Å². The van der Waals surface area contributed by atoms with Crippen LogP contribution in [-0.4, -0.2) is 23.7 Å². The lowest BCUT2D eigenvalue weighted by Gasteiger charge is -2.42. The van der Waals surface area contributed by atoms with Crippen LogP contribution in [0.4, 0.5) is 0 Å². The molecule has 1 aromatic rings. The van der Waals surface area contributed by atoms with Crippen molar-refractivity contribution in [2.24, 2.45) is 5.84 Å². The van der Waals surface area contributed by atoms with Gasteiger partial charge in [-0.25, -0.2) is 4.98 Å². The predicted molar refractivity (Wildman–Crippen MR) is 88.5 cm³/mol. The van der Waals surface area contributed by atoms with Crippen LogP contribution in [0.2, 0.25) is 0 Å². The summed E-state index contributed by atoms with van der Waals surface area (Å²) in [6.07, 6.45) is 6.74. The molecule has 0 saturated heterocycles. The fourth-order valence-electron chi connectivity index (χ4n) is 3.17. The number of hydrogen-bond donors (Lipinski definition) is 2. The van der Waals surface area contributed by atoms with Crippen LogP contribution in [0.5, 0.6) is 0 Å². The molecular weight excluding hydrogens is 282 g/mol. The van der Waals surface area contributed by atoms with Crippen LogP contribution in [0, 0.1) is 0 Å². The molecule has 120 valence electrons. The molecule has 4 nitrogen and oxygen atoms in total. The number of nitrogens with two attached hydrogens (primary N) is 1. The molecular formula is C16H29N3OS. The number of hydrazine groups is 1. The number of rotatable bonds is 5. The molecule has 0 aliphatic heterocycles. The van der Waals surface area contributed by atoms with Crippen molar-refractivity contribution in [3.05, 3.63) is 16.1 Å². The van der Waals surface area contributed by atoms with Crippen molar-refractivity contribution in [2.45, 2.75) is 76.4 Å². The third-order valence-corrected chi connectivity index (χ3v) is 5.51. The van der Waals surface area contributed by atoms with Gasteiger partial charge >= 0.3 is 0 Å². The smallest absolute Gasteiger partial charge is 0.0945 e. The molecule has 1 fully saturated rings. The van der Waals surface area contributed by atoms with Crippen molar-refractivity contribution in [3.8, 4) is 0 Å². The molecule has 3 N–H and O–H groups in total. The van der Waals surface area contributed by atoms with E-state index < -0.39 is 0 Å². The van der Waals surface area contributed by atoms with Crippen LogP contribution < -0.4 is 11.3 Å². The first-order chi connectivity index (χ1) is 9.91. The van der Waals surface area contributed by atoms with Gasteiger partial charge < -0.3 is 4.74 Å². The Labute approximate surface area is 132 Å². The van der Waals surface area contributed by atoms with Crippen molar-refractivity contribution in [1.82, 2.24) is 10.4 Å². The SMILES string of the molecule is COC1(C(Cc2nc(C(C)(C)C)cs2)NN)CCCCC1. The van der Waals surface area contributed by atoms with Gasteiger partial charge in [0.2, 0.25) is 0 Å². The zero-order valence-corrected chi connectivity index (χ0v) is 14.6. The Hall–Kier alpha value is -0.490. The van der Waals surface area contributed by atoms with Crippen LogP contribution in [0.25, 0.3) is 0 Å². The second-order valence-corrected chi connectivity index (χ2v) is 8.07. The van der Waals surface area contributed by atoms with Crippen molar-refractivity contribution < 1.29 is 4.74 Å². The standard InChI is InChI=1S/C16H29N3OS/c1-15(2,3)13-11-21-14(18-13)10-12(19-17)16(20-4)8-6-5-7-9-16/h11-12,19H,5-10,17H2,1-4H3. The molecule has 0 aromatic carbocycles. The molecule has 21 heavy (non-hydrogen) atoms. The Morgan fingerprint density at radius 2 is 2.05 bits per heavy atom. The van der Waals surface area contributed by atoms with Gasteiger partial charge in [-0.15, -0.1) is 11.3 Å². The van der Waals surface area contributed by atoms with Crippen molar-refractivity contribution >= 4 is 11.3 Å². The summed E-state index contributed by atoms with van der Waals surface area (Å²) in [5, 5.41) is 3.31. The fraction of sp³-hybridized carbons (Fsp3) is 0.812. The summed E-state index contributed by atoms with van der Waals surface area (Å²) in [7, 11) is 1.82. The maximum absolute atomic E-state index is 5.91. The van der Waals surface area contributed by atoms with Gasteiger partial charge in [0.05, 0.1) is 22.3 Å². The molecule has 5 heteroatoms. The van der Waals surface area contributed by atoms with Gasteiger partial charge in [0, 0.05) is 24.3 Å². The molecule has 1 aliphatic carbocycles. The normalized spacial score (nSPS) is 20.4. The monoisotopic (exact) mass is 311 g/mol. The number of nitrogens with zero attached hydrogens (tertiary/aromatic N) is 1. The summed E-state index contributed by atoms with van der Waals surface area (Å²) in [6, 6.07) is 0.127. The average molecular weight is 311 g/mol. The molecule has 0 amide bonds. The van der Waals surface area contributed by atoms with E-state index in [1.165, 1.54) is 19.3 Å². The number of aromatic nitrogens is 1. The summed E-state index contributed by atoms with van der Waals surface area (Å²) in [5.41, 5.74) is 4.13. The predicted octanol–water partition coefficient (Wildman–Crippen LogP) is 3.16. The van der Waals surface area contributed by atoms with Crippen LogP contribution in [-0.2, 0) is 16.6 Å². The van der Waals surface area contributed by atoms with E-state index in [1.54, 1.807) is 11.3 Å². The van der Waals surface area contributed by atoms with Gasteiger partial charge in [-0.05, 0) is 12.8 Å². The summed E-state index contributed by atoms with van der Waals surface area (Å²) in [4.78, 5) is 4.80. The molecule has 1 saturated carbocycles. The molecule has 1 unspecified atom stereocenters. The van der Waals surface area contributed by atoms with E-state index in [4.69, 9.17) is 15.6 Å². The Morgan fingerprint density at radius 3 is 2.52 bits per heavy atom. The van der Waals surface area contributed by atoms with Crippen LogP contribution in [0.15, 0.2) is 5.38 Å². The highest BCUT2D eigenvalue weighted by Gasteiger charge is 2.40. The van der Waals surface area contributed by atoms with Crippen LogP contribution in [0.1, 0.15) is 63.6 Å². The molecule has 0 bridgehead atoms. The summed E-state index contributed by atoms with van der Waals surface area (Å²) in [6.45, 7) is 6.59. The first-order valence-corrected chi connectivity index (χ1v) is 8.75. The second kappa shape index (κ2) is 6.73. The lowest BCUT2D eigenvalue weighted by molar-refractivity contribution is -0.0674. The largest absolute Gasteiger partial charge is 0.377 e. The maximum Gasteiger partial charge on any atom is 0.0945 e. The van der Waals surface area contributed by atoms with E-state index in [9.17, 15) is 0 Å². The topological polar surface area (TPSA) is 60.2 Å². The zero-order chi connectivity index (χ0) is 15.5. The summed E-state index contributed by atoms with van der Waals surface area (Å²) in [5.74, 6) is 5.85. The highest BCUT2D eigenvalue weighted by Crippen LogP contribution is 2.35. The summed E-state index contributed by atoms with van der Waals surface area (Å²) >= 11 is 1.73. The van der Waals surface area contributed by atoms with E-state index in [2.05, 4.69) is 31.6 Å². The Kier molecular flexibility index (Phi) is 5.41. The number of ether oxygens (including phenoxy) is 1. The summed E-state index contributed by atoms with van der Waals surface area (Å²) < 4.78 is 5.91. The number of methoxy groups -OCH3 is 1. The van der Waals surface area contributed by atoms with Crippen molar-refractivity contribution in [2.75, 3.05) is 7.11 Å². The van der Waals surface area contributed by atoms with E-state index >= 15 is 0 Å². The number of hydrogen-bond acceptors (Lipinski definition) is 5. The average Bonchev–Trinajstić information content (AvgIpc) is 2.94. The van der Waals surface area contributed by atoms with Gasteiger partial charge in [-0.3, -0.25) is 11.3 Å². The second-order valence-electron chi connectivity index (χ2n) is 7.13. The first-order valence-electron chi connectivity index (χ1n) is 7.87. The number of thiazole rings is 1. The lowest BCUT2D eigenvalue weighted by Crippen LogP contribution is -2.56. The highest BCUT2D eigenvalue weighted by atomic mass is 32.1. The lowest BCUT2D eigenvalue weighted by atomic mass is 9.78. The Bertz CT molecular complexity index is 447. The minimum atomic E-state index is -0.138. The minimum Gasteiger partial charge on any atom is -0.377 e. The minimum absolute atomic E-state index is 0.101. The van der Waals surface area contributed by atoms with E-state index in [-0.39, 0.29) is 17.1 Å².